The van der Waals surface area contributed by atoms with Crippen LogP contribution in [0.3, 0.4) is 0 Å². The van der Waals surface area contributed by atoms with Crippen molar-refractivity contribution in [2.24, 2.45) is 0 Å². The van der Waals surface area contributed by atoms with Crippen LogP contribution in [-0.4, -0.2) is 42.2 Å². The monoisotopic (exact) mass is 447 g/mol. The summed E-state index contributed by atoms with van der Waals surface area (Å²) in [7, 11) is -3.59. The summed E-state index contributed by atoms with van der Waals surface area (Å²) in [6.07, 6.45) is 1.18. The number of thioether (sulfide) groups is 1. The Morgan fingerprint density at radius 3 is 2.31 bits per heavy atom. The third-order valence-electron chi connectivity index (χ3n) is 3.95. The fraction of sp³-hybridized carbons (Fsp3) is 0.333. The van der Waals surface area contributed by atoms with Gasteiger partial charge in [-0.1, -0.05) is 26.0 Å². The second kappa shape index (κ2) is 9.59. The number of aromatic nitrogens is 1. The summed E-state index contributed by atoms with van der Waals surface area (Å²) >= 11 is -0.454. The molecule has 1 amide bonds. The molecule has 1 N–H and O–H groups in total. The van der Waals surface area contributed by atoms with E-state index in [1.54, 1.807) is 26.0 Å². The smallest absolute Gasteiger partial charge is 0.348 e. The number of amides is 1. The molecule has 2 aromatic rings. The number of sulfonamides is 1. The van der Waals surface area contributed by atoms with Crippen molar-refractivity contribution in [1.29, 1.82) is 0 Å². The molecule has 0 spiro atoms. The van der Waals surface area contributed by atoms with E-state index in [9.17, 15) is 26.4 Å². The Labute approximate surface area is 171 Å². The molecule has 1 aromatic carbocycles. The molecule has 0 saturated heterocycles. The van der Waals surface area contributed by atoms with Gasteiger partial charge in [0.25, 0.3) is 5.91 Å². The lowest BCUT2D eigenvalue weighted by Crippen LogP contribution is -2.30. The van der Waals surface area contributed by atoms with Crippen LogP contribution in [0.5, 0.6) is 0 Å². The molecule has 6 nitrogen and oxygen atoms in total. The summed E-state index contributed by atoms with van der Waals surface area (Å²) in [4.78, 5) is 16.0. The quantitative estimate of drug-likeness (QED) is 0.625. The molecule has 0 radical (unpaired) electrons. The third kappa shape index (κ3) is 6.18. The second-order valence-corrected chi connectivity index (χ2v) is 8.81. The molecule has 2 rings (SSSR count). The van der Waals surface area contributed by atoms with Crippen molar-refractivity contribution in [3.63, 3.8) is 0 Å². The number of halogens is 3. The minimum atomic E-state index is -4.56. The standard InChI is InChI=1S/C18H20F3N3O3S2/c1-3-24(4-2)29(26,27)14-9-7-13(8-10-14)12-23-16(25)15-6-5-11-22-17(15)28-18(19,20)21/h5-11H,3-4,12H2,1-2H3,(H,23,25). The van der Waals surface area contributed by atoms with Gasteiger partial charge in [0.2, 0.25) is 10.0 Å². The lowest BCUT2D eigenvalue weighted by molar-refractivity contribution is -0.0329. The highest BCUT2D eigenvalue weighted by atomic mass is 32.2. The third-order valence-corrected chi connectivity index (χ3v) is 6.76. The Balaban J connectivity index is 2.09. The van der Waals surface area contributed by atoms with Crippen LogP contribution in [0.25, 0.3) is 0 Å². The molecule has 0 atom stereocenters. The molecule has 1 heterocycles. The Kier molecular flexibility index (Phi) is 7.66. The first-order valence-corrected chi connectivity index (χ1v) is 10.9. The number of nitrogens with one attached hydrogen (secondary N) is 1. The summed E-state index contributed by atoms with van der Waals surface area (Å²) in [6, 6.07) is 8.60. The molecule has 11 heteroatoms. The number of hydrogen-bond acceptors (Lipinski definition) is 5. The van der Waals surface area contributed by atoms with Gasteiger partial charge in [-0.2, -0.15) is 17.5 Å². The predicted molar refractivity (Wildman–Crippen MR) is 104 cm³/mol. The molecule has 29 heavy (non-hydrogen) atoms. The van der Waals surface area contributed by atoms with E-state index in [-0.39, 0.29) is 17.0 Å². The average Bonchev–Trinajstić information content (AvgIpc) is 2.66. The van der Waals surface area contributed by atoms with E-state index >= 15 is 0 Å². The van der Waals surface area contributed by atoms with E-state index in [1.807, 2.05) is 0 Å². The molecule has 0 aliphatic rings. The fourth-order valence-electron chi connectivity index (χ4n) is 2.52. The van der Waals surface area contributed by atoms with Crippen LogP contribution in [0.15, 0.2) is 52.5 Å². The van der Waals surface area contributed by atoms with Crippen molar-refractivity contribution in [1.82, 2.24) is 14.6 Å². The number of nitrogens with zero attached hydrogens (tertiary/aromatic N) is 2. The summed E-state index contributed by atoms with van der Waals surface area (Å²) < 4.78 is 64.1. The van der Waals surface area contributed by atoms with Crippen LogP contribution in [-0.2, 0) is 16.6 Å². The Hall–Kier alpha value is -2.11. The number of pyridine rings is 1. The Bertz CT molecular complexity index is 945. The zero-order chi connectivity index (χ0) is 21.7. The first kappa shape index (κ1) is 23.2. The van der Waals surface area contributed by atoms with E-state index in [2.05, 4.69) is 10.3 Å². The molecular weight excluding hydrogens is 427 g/mol. The minimum absolute atomic E-state index is 0.0233. The van der Waals surface area contributed by atoms with Crippen LogP contribution in [0.4, 0.5) is 13.2 Å². The minimum Gasteiger partial charge on any atom is -0.348 e. The lowest BCUT2D eigenvalue weighted by atomic mass is 10.2. The van der Waals surface area contributed by atoms with Gasteiger partial charge in [0.1, 0.15) is 5.03 Å². The SMILES string of the molecule is CCN(CC)S(=O)(=O)c1ccc(CNC(=O)c2cccnc2SC(F)(F)F)cc1. The van der Waals surface area contributed by atoms with Crippen LogP contribution in [0.1, 0.15) is 29.8 Å². The molecule has 1 aromatic heterocycles. The maximum Gasteiger partial charge on any atom is 0.447 e. The summed E-state index contributed by atoms with van der Waals surface area (Å²) in [5, 5.41) is 2.09. The van der Waals surface area contributed by atoms with Gasteiger partial charge < -0.3 is 5.32 Å². The molecule has 0 saturated carbocycles. The van der Waals surface area contributed by atoms with E-state index in [1.165, 1.54) is 34.8 Å². The normalized spacial score (nSPS) is 12.2. The van der Waals surface area contributed by atoms with Crippen LogP contribution in [0, 0.1) is 0 Å². The highest BCUT2D eigenvalue weighted by molar-refractivity contribution is 8.00. The van der Waals surface area contributed by atoms with E-state index in [0.717, 1.165) is 0 Å². The highest BCUT2D eigenvalue weighted by Crippen LogP contribution is 2.37. The average molecular weight is 448 g/mol. The van der Waals surface area contributed by atoms with Gasteiger partial charge >= 0.3 is 5.51 Å². The summed E-state index contributed by atoms with van der Waals surface area (Å²) in [6.45, 7) is 4.21. The van der Waals surface area contributed by atoms with Crippen molar-refractivity contribution >= 4 is 27.7 Å². The molecule has 0 aliphatic heterocycles. The zero-order valence-electron chi connectivity index (χ0n) is 15.7. The van der Waals surface area contributed by atoms with E-state index in [4.69, 9.17) is 0 Å². The van der Waals surface area contributed by atoms with E-state index < -0.39 is 38.2 Å². The fourth-order valence-corrected chi connectivity index (χ4v) is 4.59. The molecule has 0 bridgehead atoms. The molecule has 0 fully saturated rings. The molecule has 0 aliphatic carbocycles. The number of hydrogen-bond donors (Lipinski definition) is 1. The first-order valence-electron chi connectivity index (χ1n) is 8.66. The number of carbonyl (C=O) groups is 1. The van der Waals surface area contributed by atoms with Crippen molar-refractivity contribution in [3.05, 3.63) is 53.7 Å². The van der Waals surface area contributed by atoms with Gasteiger partial charge in [-0.25, -0.2) is 13.4 Å². The summed E-state index contributed by atoms with van der Waals surface area (Å²) in [5.41, 5.74) is -4.14. The maximum atomic E-state index is 12.6. The topological polar surface area (TPSA) is 79.4 Å². The maximum absolute atomic E-state index is 12.6. The van der Waals surface area contributed by atoms with Crippen molar-refractivity contribution in [2.75, 3.05) is 13.1 Å². The van der Waals surface area contributed by atoms with Gasteiger partial charge in [-0.15, -0.1) is 0 Å². The molecule has 0 unspecified atom stereocenters. The van der Waals surface area contributed by atoms with Gasteiger partial charge in [0.15, 0.2) is 0 Å². The first-order chi connectivity index (χ1) is 13.6. The highest BCUT2D eigenvalue weighted by Gasteiger charge is 2.32. The van der Waals surface area contributed by atoms with Crippen LogP contribution < -0.4 is 5.32 Å². The van der Waals surface area contributed by atoms with Gasteiger partial charge in [0.05, 0.1) is 10.5 Å². The van der Waals surface area contributed by atoms with Gasteiger partial charge in [0, 0.05) is 37.6 Å². The van der Waals surface area contributed by atoms with E-state index in [0.29, 0.717) is 18.7 Å². The second-order valence-electron chi connectivity index (χ2n) is 5.82. The summed E-state index contributed by atoms with van der Waals surface area (Å²) in [5.74, 6) is -0.704. The number of alkyl halides is 3. The van der Waals surface area contributed by atoms with Crippen LogP contribution >= 0.6 is 11.8 Å². The number of rotatable bonds is 8. The lowest BCUT2D eigenvalue weighted by Gasteiger charge is -2.18. The van der Waals surface area contributed by atoms with Crippen molar-refractivity contribution in [3.8, 4) is 0 Å². The van der Waals surface area contributed by atoms with Gasteiger partial charge in [-0.3, -0.25) is 4.79 Å². The Morgan fingerprint density at radius 1 is 1.14 bits per heavy atom. The molecular formula is C18H20F3N3O3S2. The Morgan fingerprint density at radius 2 is 1.76 bits per heavy atom. The largest absolute Gasteiger partial charge is 0.447 e. The van der Waals surface area contributed by atoms with Gasteiger partial charge in [-0.05, 0) is 29.8 Å². The van der Waals surface area contributed by atoms with Crippen molar-refractivity contribution in [2.45, 2.75) is 35.8 Å². The van der Waals surface area contributed by atoms with Crippen LogP contribution in [0.2, 0.25) is 0 Å². The number of benzene rings is 1. The van der Waals surface area contributed by atoms with Crippen molar-refractivity contribution < 1.29 is 26.4 Å². The predicted octanol–water partition coefficient (Wildman–Crippen LogP) is 3.65. The number of carbonyl (C=O) groups excluding carboxylic acids is 1. The zero-order valence-corrected chi connectivity index (χ0v) is 17.4. The molecule has 158 valence electrons.